The van der Waals surface area contributed by atoms with Crippen LogP contribution < -0.4 is 14.8 Å². The Balaban J connectivity index is 1.45. The third kappa shape index (κ3) is 3.20. The summed E-state index contributed by atoms with van der Waals surface area (Å²) in [6.07, 6.45) is 6.19. The Kier molecular flexibility index (Phi) is 4.76. The lowest BCUT2D eigenvalue weighted by atomic mass is 9.96. The third-order valence-corrected chi connectivity index (χ3v) is 6.41. The molecule has 6 rings (SSSR count). The Morgan fingerprint density at radius 2 is 2.09 bits per heavy atom. The molecular weight excluding hydrogens is 402 g/mol. The number of fused-ring (bicyclic) bond motifs is 2. The number of ether oxygens (including phenoxy) is 2. The van der Waals surface area contributed by atoms with Crippen LogP contribution in [0.2, 0.25) is 0 Å². The Morgan fingerprint density at radius 1 is 1.12 bits per heavy atom. The fourth-order valence-electron chi connectivity index (χ4n) is 4.78. The summed E-state index contributed by atoms with van der Waals surface area (Å²) in [5.74, 6) is 1.65. The molecule has 162 valence electrons. The Labute approximate surface area is 186 Å². The second-order valence-electron chi connectivity index (χ2n) is 8.36. The number of benzene rings is 1. The fraction of sp³-hybridized carbons (Fsp3) is 0.320. The quantitative estimate of drug-likeness (QED) is 0.501. The number of hydrogen-bond donors (Lipinski definition) is 2. The summed E-state index contributed by atoms with van der Waals surface area (Å²) in [6.45, 7) is 1.81. The van der Waals surface area contributed by atoms with Gasteiger partial charge in [-0.25, -0.2) is 4.98 Å². The number of rotatable bonds is 4. The van der Waals surface area contributed by atoms with E-state index in [2.05, 4.69) is 33.7 Å². The van der Waals surface area contributed by atoms with Crippen molar-refractivity contribution in [2.24, 2.45) is 0 Å². The highest BCUT2D eigenvalue weighted by Gasteiger charge is 2.22. The van der Waals surface area contributed by atoms with E-state index in [1.54, 1.807) is 7.11 Å². The van der Waals surface area contributed by atoms with Crippen molar-refractivity contribution in [1.82, 2.24) is 25.5 Å². The summed E-state index contributed by atoms with van der Waals surface area (Å²) in [5, 5.41) is 11.2. The van der Waals surface area contributed by atoms with Crippen LogP contribution in [-0.4, -0.2) is 40.4 Å². The van der Waals surface area contributed by atoms with Crippen LogP contribution in [0.15, 0.2) is 42.6 Å². The average molecular weight is 428 g/mol. The van der Waals surface area contributed by atoms with Gasteiger partial charge in [-0.1, -0.05) is 12.1 Å². The number of nitrogens with zero attached hydrogens (tertiary/aromatic N) is 3. The molecule has 0 spiro atoms. The molecule has 32 heavy (non-hydrogen) atoms. The van der Waals surface area contributed by atoms with E-state index in [9.17, 15) is 0 Å². The lowest BCUT2D eigenvalue weighted by Crippen LogP contribution is -2.13. The summed E-state index contributed by atoms with van der Waals surface area (Å²) < 4.78 is 11.6. The van der Waals surface area contributed by atoms with Gasteiger partial charge >= 0.3 is 0 Å². The van der Waals surface area contributed by atoms with Gasteiger partial charge in [-0.15, -0.1) is 0 Å². The lowest BCUT2D eigenvalue weighted by Gasteiger charge is -2.20. The first-order chi connectivity index (χ1) is 15.8. The monoisotopic (exact) mass is 427 g/mol. The van der Waals surface area contributed by atoms with E-state index in [1.165, 1.54) is 12.0 Å². The Hall–Kier alpha value is -3.45. The number of nitrogens with one attached hydrogen (secondary N) is 2. The van der Waals surface area contributed by atoms with Crippen LogP contribution in [-0.2, 0) is 6.42 Å². The van der Waals surface area contributed by atoms with Gasteiger partial charge in [-0.2, -0.15) is 5.10 Å². The molecule has 1 atom stereocenters. The summed E-state index contributed by atoms with van der Waals surface area (Å²) in [4.78, 5) is 9.76. The normalized spacial score (nSPS) is 17.8. The molecular formula is C25H25N5O2. The van der Waals surface area contributed by atoms with Gasteiger partial charge in [0.25, 0.3) is 0 Å². The van der Waals surface area contributed by atoms with Crippen molar-refractivity contribution in [1.29, 1.82) is 0 Å². The van der Waals surface area contributed by atoms with Gasteiger partial charge < -0.3 is 14.8 Å². The minimum absolute atomic E-state index is 0.348. The molecule has 4 aromatic rings. The maximum atomic E-state index is 5.88. The molecule has 2 aliphatic heterocycles. The molecule has 1 fully saturated rings. The molecule has 0 aliphatic carbocycles. The predicted molar refractivity (Wildman–Crippen MR) is 123 cm³/mol. The molecule has 7 heteroatoms. The molecule has 1 aromatic carbocycles. The topological polar surface area (TPSA) is 85.0 Å². The predicted octanol–water partition coefficient (Wildman–Crippen LogP) is 4.45. The van der Waals surface area contributed by atoms with Crippen LogP contribution in [0.25, 0.3) is 33.5 Å². The summed E-state index contributed by atoms with van der Waals surface area (Å²) in [6, 6.07) is 12.6. The maximum Gasteiger partial charge on any atom is 0.147 e. The molecule has 0 unspecified atom stereocenters. The molecule has 7 nitrogen and oxygen atoms in total. The molecule has 3 aromatic heterocycles. The van der Waals surface area contributed by atoms with Crippen LogP contribution in [0.1, 0.15) is 36.6 Å². The molecule has 5 heterocycles. The highest BCUT2D eigenvalue weighted by molar-refractivity contribution is 5.93. The second kappa shape index (κ2) is 7.91. The molecule has 2 N–H and O–H groups in total. The van der Waals surface area contributed by atoms with Gasteiger partial charge in [0.15, 0.2) is 0 Å². The lowest BCUT2D eigenvalue weighted by molar-refractivity contribution is 0.288. The zero-order valence-electron chi connectivity index (χ0n) is 18.0. The highest BCUT2D eigenvalue weighted by Crippen LogP contribution is 2.39. The fourth-order valence-corrected chi connectivity index (χ4v) is 4.78. The van der Waals surface area contributed by atoms with Gasteiger partial charge in [0.05, 0.1) is 24.9 Å². The Bertz CT molecular complexity index is 1280. The van der Waals surface area contributed by atoms with Gasteiger partial charge in [-0.3, -0.25) is 10.1 Å². The van der Waals surface area contributed by atoms with Crippen LogP contribution >= 0.6 is 0 Å². The molecule has 0 bridgehead atoms. The molecule has 1 saturated heterocycles. The van der Waals surface area contributed by atoms with Gasteiger partial charge in [-0.05, 0) is 50.4 Å². The number of pyridine rings is 2. The SMILES string of the molecule is COc1cc2[nH]nc(-c3ccc([C@@H]4CCCN4)nc3)c2nc1-c1cccc2c1CCCO2. The molecule has 0 amide bonds. The first-order valence-electron chi connectivity index (χ1n) is 11.2. The number of methoxy groups -OCH3 is 1. The third-order valence-electron chi connectivity index (χ3n) is 6.41. The van der Waals surface area contributed by atoms with Crippen molar-refractivity contribution in [3.05, 3.63) is 53.9 Å². The van der Waals surface area contributed by atoms with E-state index < -0.39 is 0 Å². The van der Waals surface area contributed by atoms with Crippen LogP contribution in [0.4, 0.5) is 0 Å². The van der Waals surface area contributed by atoms with Crippen molar-refractivity contribution in [2.45, 2.75) is 31.7 Å². The summed E-state index contributed by atoms with van der Waals surface area (Å²) in [7, 11) is 1.68. The molecule has 0 saturated carbocycles. The van der Waals surface area contributed by atoms with Crippen LogP contribution in [0, 0.1) is 0 Å². The van der Waals surface area contributed by atoms with E-state index in [0.717, 1.165) is 77.4 Å². The average Bonchev–Trinajstić information content (AvgIpc) is 3.53. The van der Waals surface area contributed by atoms with Gasteiger partial charge in [0.2, 0.25) is 0 Å². The maximum absolute atomic E-state index is 5.88. The zero-order valence-corrected chi connectivity index (χ0v) is 18.0. The van der Waals surface area contributed by atoms with Crippen molar-refractivity contribution >= 4 is 11.0 Å². The van der Waals surface area contributed by atoms with Crippen molar-refractivity contribution in [2.75, 3.05) is 20.3 Å². The van der Waals surface area contributed by atoms with Crippen LogP contribution in [0.3, 0.4) is 0 Å². The van der Waals surface area contributed by atoms with Gasteiger partial charge in [0, 0.05) is 35.0 Å². The van der Waals surface area contributed by atoms with E-state index >= 15 is 0 Å². The highest BCUT2D eigenvalue weighted by atomic mass is 16.5. The van der Waals surface area contributed by atoms with Crippen molar-refractivity contribution < 1.29 is 9.47 Å². The van der Waals surface area contributed by atoms with Crippen molar-refractivity contribution in [3.8, 4) is 34.0 Å². The van der Waals surface area contributed by atoms with Crippen molar-refractivity contribution in [3.63, 3.8) is 0 Å². The number of hydrogen-bond acceptors (Lipinski definition) is 6. The first kappa shape index (κ1) is 19.3. The van der Waals surface area contributed by atoms with E-state index in [0.29, 0.717) is 11.8 Å². The second-order valence-corrected chi connectivity index (χ2v) is 8.36. The minimum Gasteiger partial charge on any atom is -0.494 e. The number of H-pyrrole nitrogens is 1. The molecule has 2 aliphatic rings. The van der Waals surface area contributed by atoms with Gasteiger partial charge in [0.1, 0.15) is 28.4 Å². The number of aromatic amines is 1. The first-order valence-corrected chi connectivity index (χ1v) is 11.2. The largest absolute Gasteiger partial charge is 0.494 e. The smallest absolute Gasteiger partial charge is 0.147 e. The van der Waals surface area contributed by atoms with E-state index in [4.69, 9.17) is 19.4 Å². The number of aromatic nitrogens is 4. The molecule has 0 radical (unpaired) electrons. The van der Waals surface area contributed by atoms with E-state index in [1.807, 2.05) is 24.4 Å². The minimum atomic E-state index is 0.348. The van der Waals surface area contributed by atoms with Crippen LogP contribution in [0.5, 0.6) is 11.5 Å². The summed E-state index contributed by atoms with van der Waals surface area (Å²) in [5.41, 5.74) is 7.51. The summed E-state index contributed by atoms with van der Waals surface area (Å²) >= 11 is 0. The Morgan fingerprint density at radius 3 is 2.91 bits per heavy atom. The standard InChI is InChI=1S/C25H25N5O2/c1-31-22-13-20-25(28-24(22)17-5-2-8-21-16(17)6-4-12-32-21)23(30-29-20)15-9-10-19(27-14-15)18-7-3-11-26-18/h2,5,8-10,13-14,18,26H,3-4,6-7,11-12H2,1H3,(H,29,30)/t18-/m0/s1. The zero-order chi connectivity index (χ0) is 21.5. The van der Waals surface area contributed by atoms with E-state index in [-0.39, 0.29) is 0 Å².